The Morgan fingerprint density at radius 2 is 1.60 bits per heavy atom. The minimum Gasteiger partial charge on any atom is -0.308 e. The van der Waals surface area contributed by atoms with Gasteiger partial charge in [0.15, 0.2) is 0 Å². The lowest BCUT2D eigenvalue weighted by Crippen LogP contribution is -1.86. The predicted octanol–water partition coefficient (Wildman–Crippen LogP) is 1.01. The van der Waals surface area contributed by atoms with Crippen molar-refractivity contribution in [3.63, 3.8) is 0 Å². The normalized spacial score (nSPS) is 6.60. The molecule has 10 heavy (non-hydrogen) atoms. The molecule has 0 atom stereocenters. The Morgan fingerprint density at radius 1 is 1.20 bits per heavy atom. The number of nitrogens with zero attached hydrogens (tertiary/aromatic N) is 1. The molecule has 1 heterocycles. The van der Waals surface area contributed by atoms with Crippen molar-refractivity contribution in [2.24, 2.45) is 5.90 Å². The van der Waals surface area contributed by atoms with Gasteiger partial charge in [0.05, 0.1) is 7.11 Å². The summed E-state index contributed by atoms with van der Waals surface area (Å²) in [4.78, 5) is 7.53. The number of aromatic nitrogens is 1. The van der Waals surface area contributed by atoms with E-state index in [4.69, 9.17) is 0 Å². The molecule has 4 heteroatoms. The highest BCUT2D eigenvalue weighted by Crippen LogP contribution is 1.73. The van der Waals surface area contributed by atoms with Gasteiger partial charge < -0.3 is 4.84 Å². The van der Waals surface area contributed by atoms with Crippen molar-refractivity contribution < 1.29 is 4.84 Å². The van der Waals surface area contributed by atoms with Crippen molar-refractivity contribution in [3.05, 3.63) is 30.6 Å². The molecule has 0 spiro atoms. The van der Waals surface area contributed by atoms with Crippen molar-refractivity contribution in [1.29, 1.82) is 0 Å². The van der Waals surface area contributed by atoms with Crippen LogP contribution in [0.25, 0.3) is 0 Å². The second kappa shape index (κ2) is 11.2. The maximum atomic E-state index is 4.35. The van der Waals surface area contributed by atoms with Gasteiger partial charge in [0, 0.05) is 12.4 Å². The van der Waals surface area contributed by atoms with Crippen molar-refractivity contribution >= 4 is 12.4 Å². The fourth-order valence-electron chi connectivity index (χ4n) is 0.313. The first-order valence-corrected chi connectivity index (χ1v) is 2.49. The van der Waals surface area contributed by atoms with Crippen molar-refractivity contribution in [1.82, 2.24) is 4.98 Å². The van der Waals surface area contributed by atoms with Crippen LogP contribution in [0.4, 0.5) is 0 Å². The number of hydrogen-bond acceptors (Lipinski definition) is 3. The maximum Gasteiger partial charge on any atom is 0.0569 e. The molecule has 3 nitrogen and oxygen atoms in total. The van der Waals surface area contributed by atoms with Gasteiger partial charge in [-0.25, -0.2) is 5.90 Å². The molecule has 0 amide bonds. The Bertz CT molecular complexity index is 98.6. The fourth-order valence-corrected chi connectivity index (χ4v) is 0.313. The molecule has 0 radical (unpaired) electrons. The SMILES string of the molecule is CON.Cl.c1ccncc1. The Hall–Kier alpha value is -0.640. The predicted molar refractivity (Wildman–Crippen MR) is 42.7 cm³/mol. The van der Waals surface area contributed by atoms with Crippen molar-refractivity contribution in [2.45, 2.75) is 0 Å². The molecule has 58 valence electrons. The van der Waals surface area contributed by atoms with E-state index in [-0.39, 0.29) is 12.4 Å². The molecule has 2 N–H and O–H groups in total. The summed E-state index contributed by atoms with van der Waals surface area (Å²) in [5, 5.41) is 0. The highest BCUT2D eigenvalue weighted by atomic mass is 35.5. The van der Waals surface area contributed by atoms with Crippen LogP contribution in [-0.4, -0.2) is 12.1 Å². The summed E-state index contributed by atoms with van der Waals surface area (Å²) in [6.07, 6.45) is 3.50. The van der Waals surface area contributed by atoms with E-state index in [1.54, 1.807) is 12.4 Å². The van der Waals surface area contributed by atoms with Crippen molar-refractivity contribution in [2.75, 3.05) is 7.11 Å². The number of hydrogen-bond donors (Lipinski definition) is 1. The molecule has 1 aromatic rings. The molecular formula is C6H11ClN2O. The minimum absolute atomic E-state index is 0. The van der Waals surface area contributed by atoms with Crippen LogP contribution in [-0.2, 0) is 4.84 Å². The zero-order chi connectivity index (χ0) is 6.95. The molecule has 1 aromatic heterocycles. The molecule has 0 fully saturated rings. The number of pyridine rings is 1. The van der Waals surface area contributed by atoms with Gasteiger partial charge in [-0.15, -0.1) is 12.4 Å². The summed E-state index contributed by atoms with van der Waals surface area (Å²) in [6.45, 7) is 0. The lowest BCUT2D eigenvalue weighted by Gasteiger charge is -1.70. The van der Waals surface area contributed by atoms with E-state index in [0.717, 1.165) is 0 Å². The lowest BCUT2D eigenvalue weighted by molar-refractivity contribution is 0.206. The first kappa shape index (κ1) is 12.1. The summed E-state index contributed by atoms with van der Waals surface area (Å²) >= 11 is 0. The van der Waals surface area contributed by atoms with Crippen LogP contribution in [0.2, 0.25) is 0 Å². The summed E-state index contributed by atoms with van der Waals surface area (Å²) in [7, 11) is 1.40. The van der Waals surface area contributed by atoms with Crippen LogP contribution in [0.1, 0.15) is 0 Å². The molecule has 1 rings (SSSR count). The monoisotopic (exact) mass is 162 g/mol. The van der Waals surface area contributed by atoms with Gasteiger partial charge in [0.25, 0.3) is 0 Å². The summed E-state index contributed by atoms with van der Waals surface area (Å²) < 4.78 is 0. The molecule has 0 saturated carbocycles. The largest absolute Gasteiger partial charge is 0.308 e. The van der Waals surface area contributed by atoms with Gasteiger partial charge in [-0.1, -0.05) is 6.07 Å². The molecular weight excluding hydrogens is 152 g/mol. The van der Waals surface area contributed by atoms with Gasteiger partial charge in [0.2, 0.25) is 0 Å². The van der Waals surface area contributed by atoms with Gasteiger partial charge in [-0.2, -0.15) is 0 Å². The maximum absolute atomic E-state index is 4.35. The van der Waals surface area contributed by atoms with Gasteiger partial charge >= 0.3 is 0 Å². The number of halogens is 1. The van der Waals surface area contributed by atoms with E-state index in [0.29, 0.717) is 0 Å². The van der Waals surface area contributed by atoms with Crippen molar-refractivity contribution in [3.8, 4) is 0 Å². The average molecular weight is 163 g/mol. The van der Waals surface area contributed by atoms with E-state index in [2.05, 4.69) is 15.7 Å². The molecule has 0 aromatic carbocycles. The highest BCUT2D eigenvalue weighted by molar-refractivity contribution is 5.85. The number of nitrogens with two attached hydrogens (primary N) is 1. The Balaban J connectivity index is 0. The third kappa shape index (κ3) is 10.4. The van der Waals surface area contributed by atoms with Crippen LogP contribution in [0.15, 0.2) is 30.6 Å². The van der Waals surface area contributed by atoms with Gasteiger partial charge in [-0.3, -0.25) is 4.98 Å². The smallest absolute Gasteiger partial charge is 0.0569 e. The second-order valence-electron chi connectivity index (χ2n) is 1.26. The second-order valence-corrected chi connectivity index (χ2v) is 1.26. The van der Waals surface area contributed by atoms with E-state index in [1.807, 2.05) is 18.2 Å². The van der Waals surface area contributed by atoms with Crippen LogP contribution >= 0.6 is 12.4 Å². The molecule has 0 aliphatic rings. The standard InChI is InChI=1S/C5H5N.CH5NO.ClH/c1-2-4-6-5-3-1;1-3-2;/h1-5H;2H2,1H3;1H. The minimum atomic E-state index is 0. The van der Waals surface area contributed by atoms with E-state index >= 15 is 0 Å². The molecule has 0 aliphatic carbocycles. The third-order valence-electron chi connectivity index (χ3n) is 0.566. The molecule has 0 bridgehead atoms. The first-order valence-electron chi connectivity index (χ1n) is 2.49. The quantitative estimate of drug-likeness (QED) is 0.580. The Labute approximate surface area is 66.6 Å². The summed E-state index contributed by atoms with van der Waals surface area (Å²) in [6, 6.07) is 5.72. The van der Waals surface area contributed by atoms with E-state index in [9.17, 15) is 0 Å². The summed E-state index contributed by atoms with van der Waals surface area (Å²) in [5.74, 6) is 4.35. The van der Waals surface area contributed by atoms with Crippen LogP contribution < -0.4 is 5.90 Å². The Kier molecular flexibility index (Phi) is 13.5. The third-order valence-corrected chi connectivity index (χ3v) is 0.566. The summed E-state index contributed by atoms with van der Waals surface area (Å²) in [5.41, 5.74) is 0. The van der Waals surface area contributed by atoms with E-state index < -0.39 is 0 Å². The topological polar surface area (TPSA) is 48.1 Å². The first-order chi connectivity index (χ1) is 4.41. The molecule has 0 saturated heterocycles. The highest BCUT2D eigenvalue weighted by Gasteiger charge is 1.58. The van der Waals surface area contributed by atoms with Crippen LogP contribution in [0.3, 0.4) is 0 Å². The van der Waals surface area contributed by atoms with Crippen LogP contribution in [0.5, 0.6) is 0 Å². The fraction of sp³-hybridized carbons (Fsp3) is 0.167. The van der Waals surface area contributed by atoms with E-state index in [1.165, 1.54) is 7.11 Å². The zero-order valence-corrected chi connectivity index (χ0v) is 6.54. The molecule has 0 aliphatic heterocycles. The lowest BCUT2D eigenvalue weighted by atomic mass is 10.5. The van der Waals surface area contributed by atoms with Gasteiger partial charge in [0.1, 0.15) is 0 Å². The number of rotatable bonds is 0. The molecule has 0 unspecified atom stereocenters. The Morgan fingerprint density at radius 3 is 1.70 bits per heavy atom. The average Bonchev–Trinajstić information content (AvgIpc) is 1.93. The van der Waals surface area contributed by atoms with Crippen LogP contribution in [0, 0.1) is 0 Å². The van der Waals surface area contributed by atoms with Gasteiger partial charge in [-0.05, 0) is 12.1 Å². The zero-order valence-electron chi connectivity index (χ0n) is 5.73.